The van der Waals surface area contributed by atoms with Crippen LogP contribution in [0.25, 0.3) is 0 Å². The van der Waals surface area contributed by atoms with Crippen LogP contribution in [0.5, 0.6) is 11.5 Å². The van der Waals surface area contributed by atoms with E-state index in [0.29, 0.717) is 40.4 Å². The predicted octanol–water partition coefficient (Wildman–Crippen LogP) is 3.39. The van der Waals surface area contributed by atoms with Gasteiger partial charge < -0.3 is 24.7 Å². The van der Waals surface area contributed by atoms with Crippen LogP contribution in [0.4, 0.5) is 11.4 Å². The fraction of sp³-hybridized carbons (Fsp3) is 0.217. The Morgan fingerprint density at radius 3 is 2.12 bits per heavy atom. The van der Waals surface area contributed by atoms with Crippen LogP contribution < -0.4 is 20.1 Å². The number of hydrogen-bond acceptors (Lipinski definition) is 7. The molecule has 0 bridgehead atoms. The third-order valence-corrected chi connectivity index (χ3v) is 5.49. The van der Waals surface area contributed by atoms with E-state index in [1.807, 2.05) is 24.3 Å². The zero-order valence-corrected chi connectivity index (χ0v) is 19.2. The van der Waals surface area contributed by atoms with Crippen LogP contribution in [0.1, 0.15) is 5.82 Å². The first-order valence-corrected chi connectivity index (χ1v) is 11.1. The summed E-state index contributed by atoms with van der Waals surface area (Å²) in [5.41, 5.74) is 1.16. The van der Waals surface area contributed by atoms with Gasteiger partial charge >= 0.3 is 0 Å². The quantitative estimate of drug-likeness (QED) is 0.329. The van der Waals surface area contributed by atoms with E-state index in [9.17, 15) is 9.59 Å². The molecule has 172 valence electrons. The molecule has 33 heavy (non-hydrogen) atoms. The number of carbonyl (C=O) groups is 2. The van der Waals surface area contributed by atoms with Crippen molar-refractivity contribution in [3.63, 3.8) is 0 Å². The Bertz CT molecular complexity index is 1130. The molecule has 2 amide bonds. The van der Waals surface area contributed by atoms with E-state index in [1.165, 1.54) is 11.8 Å². The summed E-state index contributed by atoms with van der Waals surface area (Å²) in [4.78, 5) is 25.0. The summed E-state index contributed by atoms with van der Waals surface area (Å²) in [7, 11) is 3.09. The summed E-state index contributed by atoms with van der Waals surface area (Å²) >= 11 is 1.22. The number of rotatable bonds is 11. The Kier molecular flexibility index (Phi) is 8.48. The van der Waals surface area contributed by atoms with Crippen molar-refractivity contribution in [3.05, 3.63) is 67.0 Å². The number of nitrogens with zero attached hydrogens (tertiary/aromatic N) is 3. The second-order valence-electron chi connectivity index (χ2n) is 6.76. The van der Waals surface area contributed by atoms with Gasteiger partial charge in [-0.25, -0.2) is 0 Å². The Balaban J connectivity index is 1.64. The molecule has 0 aliphatic rings. The minimum absolute atomic E-state index is 0.00680. The molecule has 2 aromatic carbocycles. The van der Waals surface area contributed by atoms with E-state index >= 15 is 0 Å². The number of allylic oxidation sites excluding steroid dienone is 1. The molecule has 0 saturated carbocycles. The van der Waals surface area contributed by atoms with Gasteiger partial charge in [0.05, 0.1) is 37.8 Å². The largest absolute Gasteiger partial charge is 0.495 e. The summed E-state index contributed by atoms with van der Waals surface area (Å²) in [5.74, 6) is 1.25. The number of hydrogen-bond donors (Lipinski definition) is 2. The van der Waals surface area contributed by atoms with Crippen molar-refractivity contribution >= 4 is 35.0 Å². The number of para-hydroxylation sites is 4. The SMILES string of the molecule is C=CCn1c(CC(=O)Nc2ccccc2OC)nnc1SCC(=O)Nc1ccccc1OC. The van der Waals surface area contributed by atoms with Crippen molar-refractivity contribution in [1.82, 2.24) is 14.8 Å². The molecular weight excluding hydrogens is 442 g/mol. The molecule has 3 aromatic rings. The van der Waals surface area contributed by atoms with Gasteiger partial charge in [-0.05, 0) is 24.3 Å². The van der Waals surface area contributed by atoms with Gasteiger partial charge in [0.15, 0.2) is 5.16 Å². The Morgan fingerprint density at radius 2 is 1.55 bits per heavy atom. The topological polar surface area (TPSA) is 107 Å². The van der Waals surface area contributed by atoms with Gasteiger partial charge in [-0.3, -0.25) is 9.59 Å². The Morgan fingerprint density at radius 1 is 0.970 bits per heavy atom. The van der Waals surface area contributed by atoms with Gasteiger partial charge in [-0.2, -0.15) is 0 Å². The Hall–Kier alpha value is -3.79. The summed E-state index contributed by atoms with van der Waals surface area (Å²) < 4.78 is 12.3. The van der Waals surface area contributed by atoms with Crippen molar-refractivity contribution < 1.29 is 19.1 Å². The first kappa shape index (κ1) is 23.9. The number of aromatic nitrogens is 3. The normalized spacial score (nSPS) is 10.4. The number of carbonyl (C=O) groups excluding carboxylic acids is 2. The molecule has 0 radical (unpaired) electrons. The lowest BCUT2D eigenvalue weighted by atomic mass is 10.2. The van der Waals surface area contributed by atoms with E-state index in [4.69, 9.17) is 9.47 Å². The summed E-state index contributed by atoms with van der Waals surface area (Å²) in [5, 5.41) is 14.5. The highest BCUT2D eigenvalue weighted by Crippen LogP contribution is 2.25. The minimum atomic E-state index is -0.261. The third-order valence-electron chi connectivity index (χ3n) is 4.52. The zero-order valence-electron chi connectivity index (χ0n) is 18.4. The summed E-state index contributed by atoms with van der Waals surface area (Å²) in [6.07, 6.45) is 1.69. The average Bonchev–Trinajstić information content (AvgIpc) is 3.19. The highest BCUT2D eigenvalue weighted by atomic mass is 32.2. The fourth-order valence-corrected chi connectivity index (χ4v) is 3.79. The predicted molar refractivity (Wildman–Crippen MR) is 128 cm³/mol. The molecular formula is C23H25N5O4S. The molecule has 0 unspecified atom stereocenters. The average molecular weight is 468 g/mol. The van der Waals surface area contributed by atoms with E-state index in [-0.39, 0.29) is 24.0 Å². The van der Waals surface area contributed by atoms with Crippen molar-refractivity contribution in [2.24, 2.45) is 0 Å². The highest BCUT2D eigenvalue weighted by Gasteiger charge is 2.17. The number of nitrogens with one attached hydrogen (secondary N) is 2. The van der Waals surface area contributed by atoms with Gasteiger partial charge in [-0.15, -0.1) is 16.8 Å². The molecule has 0 aliphatic heterocycles. The lowest BCUT2D eigenvalue weighted by Gasteiger charge is -2.11. The van der Waals surface area contributed by atoms with Crippen LogP contribution in [0, 0.1) is 0 Å². The van der Waals surface area contributed by atoms with E-state index in [2.05, 4.69) is 27.4 Å². The molecule has 0 fully saturated rings. The van der Waals surface area contributed by atoms with Crippen molar-refractivity contribution in [3.8, 4) is 11.5 Å². The van der Waals surface area contributed by atoms with Gasteiger partial charge in [0.2, 0.25) is 11.8 Å². The lowest BCUT2D eigenvalue weighted by Crippen LogP contribution is -2.18. The minimum Gasteiger partial charge on any atom is -0.495 e. The maximum absolute atomic E-state index is 12.6. The highest BCUT2D eigenvalue weighted by molar-refractivity contribution is 7.99. The summed E-state index contributed by atoms with van der Waals surface area (Å²) in [6, 6.07) is 14.3. The van der Waals surface area contributed by atoms with Gasteiger partial charge in [0.1, 0.15) is 17.3 Å². The second-order valence-corrected chi connectivity index (χ2v) is 7.70. The zero-order chi connectivity index (χ0) is 23.6. The van der Waals surface area contributed by atoms with Crippen LogP contribution in [0.3, 0.4) is 0 Å². The number of methoxy groups -OCH3 is 2. The third kappa shape index (κ3) is 6.36. The second kappa shape index (κ2) is 11.7. The molecule has 1 heterocycles. The number of thioether (sulfide) groups is 1. The number of ether oxygens (including phenoxy) is 2. The first-order valence-electron chi connectivity index (χ1n) is 10.1. The van der Waals surface area contributed by atoms with Crippen molar-refractivity contribution in [2.75, 3.05) is 30.6 Å². The lowest BCUT2D eigenvalue weighted by molar-refractivity contribution is -0.116. The fourth-order valence-electron chi connectivity index (χ4n) is 3.02. The summed E-state index contributed by atoms with van der Waals surface area (Å²) in [6.45, 7) is 4.17. The van der Waals surface area contributed by atoms with Gasteiger partial charge in [-0.1, -0.05) is 42.1 Å². The van der Waals surface area contributed by atoms with Crippen LogP contribution in [-0.2, 0) is 22.6 Å². The van der Waals surface area contributed by atoms with E-state index in [0.717, 1.165) is 0 Å². The van der Waals surface area contributed by atoms with Crippen LogP contribution in [0.15, 0.2) is 66.3 Å². The number of amides is 2. The first-order chi connectivity index (χ1) is 16.0. The maximum Gasteiger partial charge on any atom is 0.234 e. The van der Waals surface area contributed by atoms with Crippen molar-refractivity contribution in [1.29, 1.82) is 0 Å². The number of anilines is 2. The molecule has 0 spiro atoms. The van der Waals surface area contributed by atoms with Gasteiger partial charge in [0, 0.05) is 6.54 Å². The molecule has 0 atom stereocenters. The van der Waals surface area contributed by atoms with Crippen LogP contribution in [0.2, 0.25) is 0 Å². The van der Waals surface area contributed by atoms with E-state index < -0.39 is 0 Å². The van der Waals surface area contributed by atoms with Crippen LogP contribution >= 0.6 is 11.8 Å². The van der Waals surface area contributed by atoms with Crippen molar-refractivity contribution in [2.45, 2.75) is 18.1 Å². The molecule has 9 nitrogen and oxygen atoms in total. The van der Waals surface area contributed by atoms with Crippen LogP contribution in [-0.4, -0.2) is 46.6 Å². The maximum atomic E-state index is 12.6. The molecule has 3 rings (SSSR count). The standard InChI is InChI=1S/C23H25N5O4S/c1-4-13-28-20(14-21(29)24-16-9-5-7-11-18(16)31-2)26-27-23(28)33-15-22(30)25-17-10-6-8-12-19(17)32-3/h4-12H,1,13-15H2,2-3H3,(H,24,29)(H,25,30). The molecule has 2 N–H and O–H groups in total. The monoisotopic (exact) mass is 467 g/mol. The molecule has 0 saturated heterocycles. The van der Waals surface area contributed by atoms with E-state index in [1.54, 1.807) is 49.1 Å². The molecule has 10 heteroatoms. The Labute approximate surface area is 196 Å². The number of benzene rings is 2. The molecule has 1 aromatic heterocycles. The smallest absolute Gasteiger partial charge is 0.234 e. The van der Waals surface area contributed by atoms with Gasteiger partial charge in [0.25, 0.3) is 0 Å². The molecule has 0 aliphatic carbocycles.